The highest BCUT2D eigenvalue weighted by Gasteiger charge is 2.05. The summed E-state index contributed by atoms with van der Waals surface area (Å²) in [5.41, 5.74) is 0.773. The Morgan fingerprint density at radius 3 is 2.60 bits per heavy atom. The summed E-state index contributed by atoms with van der Waals surface area (Å²) in [6.07, 6.45) is 0. The Labute approximate surface area is 108 Å². The molecule has 0 spiro atoms. The van der Waals surface area contributed by atoms with Gasteiger partial charge in [-0.05, 0) is 53.8 Å². The minimum atomic E-state index is -0.232. The van der Waals surface area contributed by atoms with E-state index in [0.717, 1.165) is 9.26 Å². The molecule has 0 radical (unpaired) electrons. The van der Waals surface area contributed by atoms with Crippen LogP contribution < -0.4 is 10.6 Å². The van der Waals surface area contributed by atoms with Gasteiger partial charge in [-0.1, -0.05) is 0 Å². The van der Waals surface area contributed by atoms with Gasteiger partial charge in [0.15, 0.2) is 0 Å². The van der Waals surface area contributed by atoms with Gasteiger partial charge in [0.1, 0.15) is 0 Å². The van der Waals surface area contributed by atoms with E-state index in [2.05, 4.69) is 33.2 Å². The SMILES string of the molecule is C[C@@H](CCl)NC(=O)Nc1ccc(I)cc1. The molecule has 1 rings (SSSR count). The zero-order chi connectivity index (χ0) is 11.3. The third-order valence-corrected chi connectivity index (χ3v) is 2.89. The van der Waals surface area contributed by atoms with E-state index >= 15 is 0 Å². The van der Waals surface area contributed by atoms with E-state index in [1.54, 1.807) is 0 Å². The first-order valence-corrected chi connectivity index (χ1v) is 6.12. The second kappa shape index (κ2) is 6.17. The van der Waals surface area contributed by atoms with Crippen molar-refractivity contribution >= 4 is 45.9 Å². The van der Waals surface area contributed by atoms with Crippen LogP contribution in [0, 0.1) is 3.57 Å². The van der Waals surface area contributed by atoms with Crippen molar-refractivity contribution in [3.05, 3.63) is 27.8 Å². The zero-order valence-electron chi connectivity index (χ0n) is 8.26. The molecule has 0 bridgehead atoms. The molecule has 1 atom stereocenters. The molecule has 2 amide bonds. The molecule has 82 valence electrons. The van der Waals surface area contributed by atoms with Gasteiger partial charge in [0.05, 0.1) is 0 Å². The van der Waals surface area contributed by atoms with E-state index < -0.39 is 0 Å². The highest BCUT2D eigenvalue weighted by molar-refractivity contribution is 14.1. The normalized spacial score (nSPS) is 11.9. The van der Waals surface area contributed by atoms with Crippen molar-refractivity contribution in [1.82, 2.24) is 5.32 Å². The predicted molar refractivity (Wildman–Crippen MR) is 71.5 cm³/mol. The summed E-state index contributed by atoms with van der Waals surface area (Å²) in [5, 5.41) is 5.43. The number of hydrogen-bond acceptors (Lipinski definition) is 1. The number of hydrogen-bond donors (Lipinski definition) is 2. The number of halogens is 2. The summed E-state index contributed by atoms with van der Waals surface area (Å²) in [6.45, 7) is 1.85. The molecule has 2 N–H and O–H groups in total. The summed E-state index contributed by atoms with van der Waals surface area (Å²) < 4.78 is 1.13. The minimum absolute atomic E-state index is 0.0319. The Morgan fingerprint density at radius 1 is 1.47 bits per heavy atom. The van der Waals surface area contributed by atoms with Gasteiger partial charge in [0.2, 0.25) is 0 Å². The molecule has 0 aliphatic rings. The van der Waals surface area contributed by atoms with Crippen molar-refractivity contribution in [2.75, 3.05) is 11.2 Å². The molecule has 0 saturated heterocycles. The van der Waals surface area contributed by atoms with E-state index in [1.165, 1.54) is 0 Å². The maximum Gasteiger partial charge on any atom is 0.319 e. The zero-order valence-corrected chi connectivity index (χ0v) is 11.2. The first-order valence-electron chi connectivity index (χ1n) is 4.51. The molecule has 3 nitrogen and oxygen atoms in total. The fourth-order valence-electron chi connectivity index (χ4n) is 0.963. The number of rotatable bonds is 3. The van der Waals surface area contributed by atoms with Gasteiger partial charge < -0.3 is 10.6 Å². The van der Waals surface area contributed by atoms with Gasteiger partial charge in [-0.3, -0.25) is 0 Å². The topological polar surface area (TPSA) is 41.1 Å². The Bertz CT molecular complexity index is 329. The van der Waals surface area contributed by atoms with Gasteiger partial charge in [-0.25, -0.2) is 4.79 Å². The molecule has 1 aromatic carbocycles. The summed E-state index contributed by atoms with van der Waals surface area (Å²) in [6, 6.07) is 7.31. The van der Waals surface area contributed by atoms with Crippen molar-refractivity contribution in [2.45, 2.75) is 13.0 Å². The first kappa shape index (κ1) is 12.6. The number of carbonyl (C=O) groups is 1. The lowest BCUT2D eigenvalue weighted by molar-refractivity contribution is 0.250. The number of nitrogens with one attached hydrogen (secondary N) is 2. The van der Waals surface area contributed by atoms with Gasteiger partial charge in [0.25, 0.3) is 0 Å². The molecular formula is C10H12ClIN2O. The maximum atomic E-state index is 11.4. The van der Waals surface area contributed by atoms with Gasteiger partial charge >= 0.3 is 6.03 Å². The lowest BCUT2D eigenvalue weighted by Gasteiger charge is -2.11. The fraction of sp³-hybridized carbons (Fsp3) is 0.300. The van der Waals surface area contributed by atoms with Crippen molar-refractivity contribution in [3.8, 4) is 0 Å². The standard InChI is InChI=1S/C10H12ClIN2O/c1-7(6-11)13-10(15)14-9-4-2-8(12)3-5-9/h2-5,7H,6H2,1H3,(H2,13,14,15)/t7-/m0/s1. The minimum Gasteiger partial charge on any atom is -0.334 e. The number of urea groups is 1. The number of carbonyl (C=O) groups excluding carboxylic acids is 1. The first-order chi connectivity index (χ1) is 7.11. The average Bonchev–Trinajstić information content (AvgIpc) is 2.21. The monoisotopic (exact) mass is 338 g/mol. The Hall–Kier alpha value is -0.490. The molecule has 0 heterocycles. The van der Waals surface area contributed by atoms with E-state index in [4.69, 9.17) is 11.6 Å². The molecule has 0 fully saturated rings. The molecule has 0 saturated carbocycles. The van der Waals surface area contributed by atoms with Gasteiger partial charge in [-0.2, -0.15) is 0 Å². The van der Waals surface area contributed by atoms with Crippen LogP contribution >= 0.6 is 34.2 Å². The second-order valence-corrected chi connectivity index (χ2v) is 4.71. The third kappa shape index (κ3) is 4.70. The van der Waals surface area contributed by atoms with E-state index in [9.17, 15) is 4.79 Å². The van der Waals surface area contributed by atoms with Crippen LogP contribution in [-0.2, 0) is 0 Å². The van der Waals surface area contributed by atoms with Crippen LogP contribution in [-0.4, -0.2) is 18.0 Å². The van der Waals surface area contributed by atoms with Crippen LogP contribution in [0.1, 0.15) is 6.92 Å². The maximum absolute atomic E-state index is 11.4. The van der Waals surface area contributed by atoms with E-state index in [-0.39, 0.29) is 12.1 Å². The number of alkyl halides is 1. The fourth-order valence-corrected chi connectivity index (χ4v) is 1.40. The van der Waals surface area contributed by atoms with E-state index in [0.29, 0.717) is 5.88 Å². The van der Waals surface area contributed by atoms with Crippen molar-refractivity contribution in [1.29, 1.82) is 0 Å². The van der Waals surface area contributed by atoms with Crippen LogP contribution in [0.4, 0.5) is 10.5 Å². The van der Waals surface area contributed by atoms with Gasteiger partial charge in [0, 0.05) is 21.2 Å². The molecule has 1 aromatic rings. The summed E-state index contributed by atoms with van der Waals surface area (Å²) in [4.78, 5) is 11.4. The molecule has 0 unspecified atom stereocenters. The highest BCUT2D eigenvalue weighted by Crippen LogP contribution is 2.10. The van der Waals surface area contributed by atoms with Crippen LogP contribution in [0.3, 0.4) is 0 Å². The molecule has 5 heteroatoms. The molecule has 0 aromatic heterocycles. The predicted octanol–water partition coefficient (Wildman–Crippen LogP) is 3.04. The average molecular weight is 339 g/mol. The molecule has 15 heavy (non-hydrogen) atoms. The largest absolute Gasteiger partial charge is 0.334 e. The lowest BCUT2D eigenvalue weighted by Crippen LogP contribution is -2.37. The third-order valence-electron chi connectivity index (χ3n) is 1.71. The Kier molecular flexibility index (Phi) is 5.17. The summed E-state index contributed by atoms with van der Waals surface area (Å²) >= 11 is 7.79. The molecule has 0 aliphatic heterocycles. The molecule has 0 aliphatic carbocycles. The Morgan fingerprint density at radius 2 is 2.07 bits per heavy atom. The van der Waals surface area contributed by atoms with Crippen LogP contribution in [0.5, 0.6) is 0 Å². The smallest absolute Gasteiger partial charge is 0.319 e. The number of anilines is 1. The number of benzene rings is 1. The van der Waals surface area contributed by atoms with Crippen molar-refractivity contribution in [2.24, 2.45) is 0 Å². The number of amides is 2. The second-order valence-electron chi connectivity index (χ2n) is 3.16. The lowest BCUT2D eigenvalue weighted by atomic mass is 10.3. The van der Waals surface area contributed by atoms with Crippen molar-refractivity contribution in [3.63, 3.8) is 0 Å². The quantitative estimate of drug-likeness (QED) is 0.645. The summed E-state index contributed by atoms with van der Waals surface area (Å²) in [5.74, 6) is 0.403. The Balaban J connectivity index is 2.48. The molecular weight excluding hydrogens is 326 g/mol. The van der Waals surface area contributed by atoms with Crippen LogP contribution in [0.15, 0.2) is 24.3 Å². The van der Waals surface area contributed by atoms with E-state index in [1.807, 2.05) is 31.2 Å². The van der Waals surface area contributed by atoms with Crippen molar-refractivity contribution < 1.29 is 4.79 Å². The van der Waals surface area contributed by atoms with Gasteiger partial charge in [-0.15, -0.1) is 11.6 Å². The van der Waals surface area contributed by atoms with Crippen LogP contribution in [0.25, 0.3) is 0 Å². The summed E-state index contributed by atoms with van der Waals surface area (Å²) in [7, 11) is 0. The highest BCUT2D eigenvalue weighted by atomic mass is 127. The van der Waals surface area contributed by atoms with Crippen LogP contribution in [0.2, 0.25) is 0 Å².